The van der Waals surface area contributed by atoms with E-state index in [0.29, 0.717) is 22.4 Å². The van der Waals surface area contributed by atoms with E-state index in [1.54, 1.807) is 30.5 Å². The van der Waals surface area contributed by atoms with Crippen molar-refractivity contribution in [3.05, 3.63) is 114 Å². The van der Waals surface area contributed by atoms with Crippen molar-refractivity contribution in [3.8, 4) is 11.1 Å². The Morgan fingerprint density at radius 1 is 0.944 bits per heavy atom. The predicted molar refractivity (Wildman–Crippen MR) is 135 cm³/mol. The van der Waals surface area contributed by atoms with Gasteiger partial charge in [-0.15, -0.1) is 0 Å². The number of carbonyl (C=O) groups excluding carboxylic acids is 1. The van der Waals surface area contributed by atoms with Crippen molar-refractivity contribution in [3.63, 3.8) is 0 Å². The Bertz CT molecular complexity index is 1370. The molecule has 1 aliphatic heterocycles. The Kier molecular flexibility index (Phi) is 6.46. The van der Waals surface area contributed by atoms with Crippen LogP contribution in [0.25, 0.3) is 11.1 Å². The molecule has 36 heavy (non-hydrogen) atoms. The van der Waals surface area contributed by atoms with Gasteiger partial charge in [0.25, 0.3) is 5.91 Å². The molecule has 0 bridgehead atoms. The zero-order valence-electron chi connectivity index (χ0n) is 19.4. The monoisotopic (exact) mass is 487 g/mol. The van der Waals surface area contributed by atoms with Crippen LogP contribution in [0.15, 0.2) is 91.1 Å². The van der Waals surface area contributed by atoms with Crippen LogP contribution >= 0.6 is 0 Å². The number of halogens is 3. The Labute approximate surface area is 207 Å². The minimum Gasteiger partial charge on any atom is -0.371 e. The normalized spacial score (nSPS) is 12.9. The topological polar surface area (TPSA) is 45.2 Å². The van der Waals surface area contributed by atoms with E-state index in [4.69, 9.17) is 0 Å². The second-order valence-electron chi connectivity index (χ2n) is 8.73. The summed E-state index contributed by atoms with van der Waals surface area (Å²) in [5.74, 6) is -0.316. The highest BCUT2D eigenvalue weighted by Gasteiger charge is 2.30. The summed E-state index contributed by atoms with van der Waals surface area (Å²) in [5.41, 5.74) is 4.83. The molecule has 1 amide bonds. The zero-order valence-corrected chi connectivity index (χ0v) is 19.4. The van der Waals surface area contributed by atoms with Gasteiger partial charge in [0.05, 0.1) is 5.56 Å². The van der Waals surface area contributed by atoms with Gasteiger partial charge < -0.3 is 10.2 Å². The molecule has 0 atom stereocenters. The summed E-state index contributed by atoms with van der Waals surface area (Å²) in [7, 11) is 0. The van der Waals surface area contributed by atoms with E-state index in [1.165, 1.54) is 17.7 Å². The summed E-state index contributed by atoms with van der Waals surface area (Å²) in [5, 5.41) is 2.97. The number of hydrogen-bond donors (Lipinski definition) is 1. The number of anilines is 2. The van der Waals surface area contributed by atoms with Crippen molar-refractivity contribution in [2.45, 2.75) is 19.0 Å². The van der Waals surface area contributed by atoms with Crippen LogP contribution in [0.5, 0.6) is 0 Å². The van der Waals surface area contributed by atoms with E-state index in [9.17, 15) is 18.0 Å². The molecule has 0 radical (unpaired) electrons. The van der Waals surface area contributed by atoms with E-state index in [0.717, 1.165) is 49.4 Å². The summed E-state index contributed by atoms with van der Waals surface area (Å²) in [6.45, 7) is 1.74. The minimum absolute atomic E-state index is 0.316. The highest BCUT2D eigenvalue weighted by molar-refractivity contribution is 6.09. The highest BCUT2D eigenvalue weighted by Crippen LogP contribution is 2.33. The number of alkyl halides is 3. The minimum atomic E-state index is -4.41. The largest absolute Gasteiger partial charge is 0.416 e. The van der Waals surface area contributed by atoms with Gasteiger partial charge in [0.15, 0.2) is 0 Å². The maximum Gasteiger partial charge on any atom is 0.416 e. The molecule has 3 aromatic carbocycles. The van der Waals surface area contributed by atoms with Gasteiger partial charge in [-0.1, -0.05) is 42.5 Å². The molecule has 0 aliphatic carbocycles. The molecular formula is C29H24F3N3O. The average Bonchev–Trinajstić information content (AvgIpc) is 3.30. The Balaban J connectivity index is 1.33. The van der Waals surface area contributed by atoms with Crippen molar-refractivity contribution in [1.29, 1.82) is 0 Å². The number of amides is 1. The lowest BCUT2D eigenvalue weighted by molar-refractivity contribution is -0.137. The van der Waals surface area contributed by atoms with Crippen LogP contribution in [-0.2, 0) is 19.0 Å². The van der Waals surface area contributed by atoms with Gasteiger partial charge in [-0.2, -0.15) is 13.2 Å². The van der Waals surface area contributed by atoms with E-state index in [2.05, 4.69) is 15.2 Å². The van der Waals surface area contributed by atoms with Crippen LogP contribution < -0.4 is 10.2 Å². The molecule has 4 nitrogen and oxygen atoms in total. The highest BCUT2D eigenvalue weighted by atomic mass is 19.4. The third kappa shape index (κ3) is 5.10. The fraction of sp³-hybridized carbons (Fsp3) is 0.172. The molecule has 1 aliphatic rings. The van der Waals surface area contributed by atoms with Crippen molar-refractivity contribution in [2.24, 2.45) is 0 Å². The number of hydrogen-bond acceptors (Lipinski definition) is 3. The molecule has 182 valence electrons. The summed E-state index contributed by atoms with van der Waals surface area (Å²) < 4.78 is 38.9. The van der Waals surface area contributed by atoms with Crippen molar-refractivity contribution < 1.29 is 18.0 Å². The van der Waals surface area contributed by atoms with Gasteiger partial charge in [-0.05, 0) is 65.6 Å². The van der Waals surface area contributed by atoms with Gasteiger partial charge >= 0.3 is 6.18 Å². The molecule has 0 spiro atoms. The molecule has 7 heteroatoms. The van der Waals surface area contributed by atoms with Crippen LogP contribution in [-0.4, -0.2) is 24.0 Å². The second-order valence-corrected chi connectivity index (χ2v) is 8.73. The van der Waals surface area contributed by atoms with Crippen molar-refractivity contribution in [1.82, 2.24) is 4.98 Å². The quantitative estimate of drug-likeness (QED) is 0.332. The third-order valence-corrected chi connectivity index (χ3v) is 6.39. The lowest BCUT2D eigenvalue weighted by atomic mass is 9.98. The maximum atomic E-state index is 13.2. The van der Waals surface area contributed by atoms with E-state index >= 15 is 0 Å². The van der Waals surface area contributed by atoms with E-state index < -0.39 is 11.7 Å². The Morgan fingerprint density at radius 3 is 2.47 bits per heavy atom. The predicted octanol–water partition coefficient (Wildman–Crippen LogP) is 6.62. The summed E-state index contributed by atoms with van der Waals surface area (Å²) in [4.78, 5) is 19.9. The van der Waals surface area contributed by atoms with Gasteiger partial charge in [-0.25, -0.2) is 0 Å². The summed E-state index contributed by atoms with van der Waals surface area (Å²) in [6.07, 6.45) is -0.836. The van der Waals surface area contributed by atoms with Crippen molar-refractivity contribution >= 4 is 17.3 Å². The first-order valence-corrected chi connectivity index (χ1v) is 11.7. The summed E-state index contributed by atoms with van der Waals surface area (Å²) in [6, 6.07) is 23.6. The molecule has 1 N–H and O–H groups in total. The average molecular weight is 488 g/mol. The summed E-state index contributed by atoms with van der Waals surface area (Å²) >= 11 is 0. The molecule has 1 aromatic heterocycles. The molecule has 5 rings (SSSR count). The molecular weight excluding hydrogens is 463 g/mol. The first-order valence-electron chi connectivity index (χ1n) is 11.7. The van der Waals surface area contributed by atoms with Crippen LogP contribution in [0.1, 0.15) is 27.2 Å². The number of fused-ring (bicyclic) bond motifs is 1. The third-order valence-electron chi connectivity index (χ3n) is 6.39. The number of carbonyl (C=O) groups is 1. The molecule has 4 aromatic rings. The number of pyridine rings is 1. The van der Waals surface area contributed by atoms with Crippen LogP contribution in [0.2, 0.25) is 0 Å². The van der Waals surface area contributed by atoms with Gasteiger partial charge in [0.1, 0.15) is 0 Å². The van der Waals surface area contributed by atoms with Gasteiger partial charge in [0.2, 0.25) is 0 Å². The fourth-order valence-corrected chi connectivity index (χ4v) is 4.52. The molecule has 0 saturated heterocycles. The first-order chi connectivity index (χ1) is 17.4. The van der Waals surface area contributed by atoms with Gasteiger partial charge in [-0.3, -0.25) is 9.78 Å². The molecule has 0 fully saturated rings. The standard InChI is InChI=1S/C29H24F3N3O/c30-29(31,32)22-11-8-20(9-12-22)25-6-1-2-7-26(25)28(36)34-24-13-10-21-14-17-35(27(21)19-24)18-15-23-5-3-4-16-33-23/h1-13,16,19H,14-15,17-18H2,(H,34,36). The lowest BCUT2D eigenvalue weighted by Crippen LogP contribution is -2.23. The number of aromatic nitrogens is 1. The Morgan fingerprint density at radius 2 is 1.72 bits per heavy atom. The SMILES string of the molecule is O=C(Nc1ccc2c(c1)N(CCc1ccccn1)CC2)c1ccccc1-c1ccc(C(F)(F)F)cc1. The molecule has 2 heterocycles. The first kappa shape index (κ1) is 23.6. The Hall–Kier alpha value is -4.13. The number of nitrogens with zero attached hydrogens (tertiary/aromatic N) is 2. The number of benzene rings is 3. The molecule has 0 unspecified atom stereocenters. The fourth-order valence-electron chi connectivity index (χ4n) is 4.52. The van der Waals surface area contributed by atoms with E-state index in [-0.39, 0.29) is 5.91 Å². The number of rotatable bonds is 6. The van der Waals surface area contributed by atoms with Gasteiger partial charge in [0, 0.05) is 48.3 Å². The molecule has 0 saturated carbocycles. The number of nitrogens with one attached hydrogen (secondary N) is 1. The smallest absolute Gasteiger partial charge is 0.371 e. The van der Waals surface area contributed by atoms with Crippen LogP contribution in [0.4, 0.5) is 24.5 Å². The zero-order chi connectivity index (χ0) is 25.1. The lowest BCUT2D eigenvalue weighted by Gasteiger charge is -2.20. The van der Waals surface area contributed by atoms with E-state index in [1.807, 2.05) is 36.4 Å². The van der Waals surface area contributed by atoms with Crippen molar-refractivity contribution in [2.75, 3.05) is 23.3 Å². The van der Waals surface area contributed by atoms with Crippen LogP contribution in [0.3, 0.4) is 0 Å². The van der Waals surface area contributed by atoms with Crippen LogP contribution in [0, 0.1) is 0 Å². The maximum absolute atomic E-state index is 13.2. The second kappa shape index (κ2) is 9.85.